The van der Waals surface area contributed by atoms with Crippen LogP contribution < -0.4 is 11.0 Å². The van der Waals surface area contributed by atoms with E-state index in [0.29, 0.717) is 11.4 Å². The Morgan fingerprint density at radius 3 is 3.14 bits per heavy atom. The van der Waals surface area contributed by atoms with Crippen molar-refractivity contribution in [2.75, 3.05) is 19.6 Å². The fraction of sp³-hybridized carbons (Fsp3) is 0.500. The number of piperazine rings is 1. The fourth-order valence-corrected chi connectivity index (χ4v) is 4.95. The third-order valence-electron chi connectivity index (χ3n) is 4.63. The molecular formula is C16H20N4OS. The van der Waals surface area contributed by atoms with Gasteiger partial charge in [0.25, 0.3) is 0 Å². The number of benzene rings is 1. The van der Waals surface area contributed by atoms with Crippen molar-refractivity contribution in [3.63, 3.8) is 0 Å². The van der Waals surface area contributed by atoms with Crippen molar-refractivity contribution in [1.82, 2.24) is 19.8 Å². The average Bonchev–Trinajstić information content (AvgIpc) is 2.73. The SMILES string of the molecule is C[C@H]1CNCCN1C1CCn2c(=O)ncc3cccc(c32)S1. The van der Waals surface area contributed by atoms with Crippen LogP contribution in [0, 0.1) is 0 Å². The maximum absolute atomic E-state index is 12.2. The molecule has 1 aromatic heterocycles. The van der Waals surface area contributed by atoms with Crippen LogP contribution in [0.3, 0.4) is 0 Å². The summed E-state index contributed by atoms with van der Waals surface area (Å²) in [5.74, 6) is 0. The predicted octanol–water partition coefficient (Wildman–Crippen LogP) is 1.51. The lowest BCUT2D eigenvalue weighted by molar-refractivity contribution is 0.153. The number of aryl methyl sites for hydroxylation is 1. The maximum atomic E-state index is 12.2. The number of hydrogen-bond donors (Lipinski definition) is 1. The second kappa shape index (κ2) is 5.68. The second-order valence-corrected chi connectivity index (χ2v) is 7.26. The standard InChI is InChI=1S/C16H20N4OS/c1-11-9-17-6-8-19(11)14-5-7-20-15-12(10-18-16(20)21)3-2-4-13(15)22-14/h2-4,10-11,14,17H,5-9H2,1H3/t11-,14?/m0/s1. The summed E-state index contributed by atoms with van der Waals surface area (Å²) in [4.78, 5) is 20.0. The Kier molecular flexibility index (Phi) is 3.68. The Hall–Kier alpha value is -1.37. The molecule has 0 bridgehead atoms. The molecule has 1 aromatic carbocycles. The van der Waals surface area contributed by atoms with Crippen molar-refractivity contribution in [2.45, 2.75) is 36.2 Å². The van der Waals surface area contributed by atoms with Crippen molar-refractivity contribution in [3.05, 3.63) is 34.9 Å². The Balaban J connectivity index is 1.76. The molecule has 3 heterocycles. The molecule has 1 N–H and O–H groups in total. The normalized spacial score (nSPS) is 26.0. The number of nitrogens with one attached hydrogen (secondary N) is 1. The summed E-state index contributed by atoms with van der Waals surface area (Å²) in [6.45, 7) is 6.17. The first-order chi connectivity index (χ1) is 10.7. The zero-order valence-corrected chi connectivity index (χ0v) is 13.5. The van der Waals surface area contributed by atoms with Gasteiger partial charge in [0.05, 0.1) is 10.9 Å². The minimum Gasteiger partial charge on any atom is -0.314 e. The molecule has 0 aliphatic carbocycles. The zero-order valence-electron chi connectivity index (χ0n) is 12.7. The first-order valence-corrected chi connectivity index (χ1v) is 8.74. The largest absolute Gasteiger partial charge is 0.348 e. The highest BCUT2D eigenvalue weighted by molar-refractivity contribution is 8.00. The van der Waals surface area contributed by atoms with Gasteiger partial charge < -0.3 is 5.32 Å². The van der Waals surface area contributed by atoms with Crippen LogP contribution in [0.15, 0.2) is 34.1 Å². The van der Waals surface area contributed by atoms with Gasteiger partial charge in [0.2, 0.25) is 0 Å². The molecule has 2 aliphatic heterocycles. The monoisotopic (exact) mass is 316 g/mol. The molecule has 0 spiro atoms. The molecule has 1 saturated heterocycles. The van der Waals surface area contributed by atoms with Crippen LogP contribution in [-0.2, 0) is 6.54 Å². The number of aromatic nitrogens is 2. The molecule has 2 atom stereocenters. The Morgan fingerprint density at radius 1 is 1.36 bits per heavy atom. The number of rotatable bonds is 1. The summed E-state index contributed by atoms with van der Waals surface area (Å²) in [6, 6.07) is 6.76. The summed E-state index contributed by atoms with van der Waals surface area (Å²) in [6.07, 6.45) is 2.68. The van der Waals surface area contributed by atoms with E-state index in [9.17, 15) is 4.79 Å². The first kappa shape index (κ1) is 14.2. The first-order valence-electron chi connectivity index (χ1n) is 7.86. The van der Waals surface area contributed by atoms with Crippen LogP contribution in [0.25, 0.3) is 10.9 Å². The van der Waals surface area contributed by atoms with Crippen molar-refractivity contribution in [2.24, 2.45) is 0 Å². The molecule has 2 aromatic rings. The molecule has 0 radical (unpaired) electrons. The smallest absolute Gasteiger partial charge is 0.314 e. The van der Waals surface area contributed by atoms with E-state index in [4.69, 9.17) is 0 Å². The van der Waals surface area contributed by atoms with Gasteiger partial charge in [-0.1, -0.05) is 12.1 Å². The van der Waals surface area contributed by atoms with Crippen LogP contribution >= 0.6 is 11.8 Å². The van der Waals surface area contributed by atoms with Crippen LogP contribution in [0.5, 0.6) is 0 Å². The highest BCUT2D eigenvalue weighted by Gasteiger charge is 2.29. The van der Waals surface area contributed by atoms with Gasteiger partial charge in [-0.05, 0) is 19.4 Å². The lowest BCUT2D eigenvalue weighted by atomic mass is 10.2. The van der Waals surface area contributed by atoms with Gasteiger partial charge >= 0.3 is 5.69 Å². The van der Waals surface area contributed by atoms with Gasteiger partial charge in [-0.25, -0.2) is 9.78 Å². The van der Waals surface area contributed by atoms with Crippen LogP contribution in [0.4, 0.5) is 0 Å². The predicted molar refractivity (Wildman–Crippen MR) is 89.3 cm³/mol. The van der Waals surface area contributed by atoms with E-state index in [-0.39, 0.29) is 5.69 Å². The summed E-state index contributed by atoms with van der Waals surface area (Å²) in [7, 11) is 0. The molecule has 1 fully saturated rings. The Morgan fingerprint density at radius 2 is 2.27 bits per heavy atom. The molecule has 4 rings (SSSR count). The van der Waals surface area contributed by atoms with Crippen LogP contribution in [0.2, 0.25) is 0 Å². The lowest BCUT2D eigenvalue weighted by Crippen LogP contribution is -2.53. The van der Waals surface area contributed by atoms with Gasteiger partial charge in [-0.2, -0.15) is 0 Å². The fourth-order valence-electron chi connectivity index (χ4n) is 3.49. The molecular weight excluding hydrogens is 296 g/mol. The Labute approximate surface area is 133 Å². The minimum atomic E-state index is -0.130. The molecule has 116 valence electrons. The van der Waals surface area contributed by atoms with Gasteiger partial charge in [0, 0.05) is 48.7 Å². The summed E-state index contributed by atoms with van der Waals surface area (Å²) >= 11 is 1.90. The highest BCUT2D eigenvalue weighted by Crippen LogP contribution is 2.36. The maximum Gasteiger partial charge on any atom is 0.348 e. The number of para-hydroxylation sites is 1. The summed E-state index contributed by atoms with van der Waals surface area (Å²) < 4.78 is 1.85. The van der Waals surface area contributed by atoms with Crippen molar-refractivity contribution in [1.29, 1.82) is 0 Å². The van der Waals surface area contributed by atoms with Crippen LogP contribution in [-0.4, -0.2) is 45.5 Å². The van der Waals surface area contributed by atoms with Gasteiger partial charge in [-0.3, -0.25) is 9.47 Å². The van der Waals surface area contributed by atoms with E-state index in [1.807, 2.05) is 22.4 Å². The zero-order chi connectivity index (χ0) is 15.1. The molecule has 6 heteroatoms. The summed E-state index contributed by atoms with van der Waals surface area (Å²) in [5, 5.41) is 4.92. The summed E-state index contributed by atoms with van der Waals surface area (Å²) in [5.41, 5.74) is 0.923. The van der Waals surface area contributed by atoms with Crippen molar-refractivity contribution in [3.8, 4) is 0 Å². The van der Waals surface area contributed by atoms with Crippen molar-refractivity contribution < 1.29 is 0 Å². The van der Waals surface area contributed by atoms with Gasteiger partial charge in [-0.15, -0.1) is 11.8 Å². The van der Waals surface area contributed by atoms with E-state index in [1.165, 1.54) is 4.90 Å². The quantitative estimate of drug-likeness (QED) is 0.864. The highest BCUT2D eigenvalue weighted by atomic mass is 32.2. The second-order valence-electron chi connectivity index (χ2n) is 6.04. The third kappa shape index (κ3) is 2.35. The van der Waals surface area contributed by atoms with Crippen LogP contribution in [0.1, 0.15) is 13.3 Å². The van der Waals surface area contributed by atoms with E-state index < -0.39 is 0 Å². The molecule has 2 aliphatic rings. The van der Waals surface area contributed by atoms with E-state index in [1.54, 1.807) is 6.20 Å². The number of nitrogens with zero attached hydrogens (tertiary/aromatic N) is 3. The molecule has 0 saturated carbocycles. The molecule has 0 amide bonds. The number of thioether (sulfide) groups is 1. The van der Waals surface area contributed by atoms with Gasteiger partial charge in [0.1, 0.15) is 0 Å². The third-order valence-corrected chi connectivity index (χ3v) is 5.99. The molecule has 22 heavy (non-hydrogen) atoms. The topological polar surface area (TPSA) is 50.2 Å². The molecule has 1 unspecified atom stereocenters. The van der Waals surface area contributed by atoms with Crippen molar-refractivity contribution >= 4 is 22.7 Å². The minimum absolute atomic E-state index is 0.130. The van der Waals surface area contributed by atoms with Gasteiger partial charge in [0.15, 0.2) is 0 Å². The van der Waals surface area contributed by atoms with E-state index in [0.717, 1.165) is 43.5 Å². The van der Waals surface area contributed by atoms with E-state index in [2.05, 4.69) is 34.3 Å². The number of hydrogen-bond acceptors (Lipinski definition) is 5. The lowest BCUT2D eigenvalue weighted by Gasteiger charge is -2.39. The average molecular weight is 316 g/mol. The molecule has 5 nitrogen and oxygen atoms in total. The Bertz CT molecular complexity index is 759. The van der Waals surface area contributed by atoms with E-state index >= 15 is 0 Å².